The molecule has 0 bridgehead atoms. The molecule has 0 saturated carbocycles. The van der Waals surface area contributed by atoms with Gasteiger partial charge >= 0.3 is 0 Å². The molecule has 128 valence electrons. The number of hydrogen-bond donors (Lipinski definition) is 0. The summed E-state index contributed by atoms with van der Waals surface area (Å²) in [5.41, 5.74) is 2.17. The van der Waals surface area contributed by atoms with Gasteiger partial charge in [-0.05, 0) is 30.5 Å². The van der Waals surface area contributed by atoms with Crippen LogP contribution in [0.5, 0.6) is 0 Å². The first-order valence-electron chi connectivity index (χ1n) is 8.11. The van der Waals surface area contributed by atoms with Crippen molar-refractivity contribution < 1.29 is 4.79 Å². The highest BCUT2D eigenvalue weighted by atomic mass is 35.5. The number of halogens is 1. The van der Waals surface area contributed by atoms with Gasteiger partial charge in [-0.25, -0.2) is 9.97 Å². The summed E-state index contributed by atoms with van der Waals surface area (Å²) in [6.45, 7) is 1.76. The smallest absolute Gasteiger partial charge is 0.232 e. The third kappa shape index (κ3) is 3.52. The molecule has 4 rings (SSSR count). The fourth-order valence-corrected chi connectivity index (χ4v) is 5.01. The third-order valence-electron chi connectivity index (χ3n) is 4.28. The zero-order valence-electron chi connectivity index (χ0n) is 13.4. The van der Waals surface area contributed by atoms with Gasteiger partial charge in [-0.1, -0.05) is 35.5 Å². The minimum Gasteiger partial charge on any atom is -0.342 e. The average Bonchev–Trinajstić information content (AvgIpc) is 3.30. The summed E-state index contributed by atoms with van der Waals surface area (Å²) in [4.78, 5) is 24.0. The Labute approximate surface area is 159 Å². The molecule has 0 radical (unpaired) electrons. The van der Waals surface area contributed by atoms with Crippen molar-refractivity contribution in [1.29, 1.82) is 0 Å². The predicted molar refractivity (Wildman–Crippen MR) is 104 cm³/mol. The number of thioether (sulfide) groups is 1. The Bertz CT molecular complexity index is 904. The first-order valence-corrected chi connectivity index (χ1v) is 10.4. The Morgan fingerprint density at radius 3 is 2.72 bits per heavy atom. The third-order valence-corrected chi connectivity index (χ3v) is 6.39. The lowest BCUT2D eigenvalue weighted by atomic mass is 10.1. The molecule has 2 aromatic heterocycles. The van der Waals surface area contributed by atoms with E-state index < -0.39 is 0 Å². The molecule has 3 heterocycles. The highest BCUT2D eigenvalue weighted by Gasteiger charge is 2.19. The minimum absolute atomic E-state index is 0.192. The van der Waals surface area contributed by atoms with Crippen LogP contribution in [0.1, 0.15) is 12.8 Å². The van der Waals surface area contributed by atoms with E-state index in [1.807, 2.05) is 29.2 Å². The molecular formula is C18H16ClN3OS2. The van der Waals surface area contributed by atoms with Crippen LogP contribution in [-0.4, -0.2) is 39.6 Å². The Morgan fingerprint density at radius 2 is 1.96 bits per heavy atom. The molecule has 0 aliphatic carbocycles. The van der Waals surface area contributed by atoms with E-state index in [0.29, 0.717) is 10.8 Å². The van der Waals surface area contributed by atoms with Gasteiger partial charge in [-0.3, -0.25) is 4.79 Å². The molecule has 25 heavy (non-hydrogen) atoms. The molecule has 0 unspecified atom stereocenters. The van der Waals surface area contributed by atoms with E-state index in [-0.39, 0.29) is 5.91 Å². The number of thiophene rings is 1. The number of carbonyl (C=O) groups excluding carboxylic acids is 1. The summed E-state index contributed by atoms with van der Waals surface area (Å²) in [6, 6.07) is 7.77. The summed E-state index contributed by atoms with van der Waals surface area (Å²) < 4.78 is 0. The van der Waals surface area contributed by atoms with Crippen LogP contribution >= 0.6 is 34.7 Å². The van der Waals surface area contributed by atoms with Crippen LogP contribution in [0.4, 0.5) is 0 Å². The molecule has 1 aliphatic heterocycles. The summed E-state index contributed by atoms with van der Waals surface area (Å²) >= 11 is 9.09. The lowest BCUT2D eigenvalue weighted by Gasteiger charge is -2.14. The largest absolute Gasteiger partial charge is 0.342 e. The normalized spacial score (nSPS) is 14.4. The van der Waals surface area contributed by atoms with E-state index in [4.69, 9.17) is 11.6 Å². The molecule has 7 heteroatoms. The van der Waals surface area contributed by atoms with E-state index in [9.17, 15) is 4.79 Å². The number of fused-ring (bicyclic) bond motifs is 1. The molecule has 1 aromatic carbocycles. The number of amides is 1. The van der Waals surface area contributed by atoms with Crippen molar-refractivity contribution in [2.75, 3.05) is 18.8 Å². The first kappa shape index (κ1) is 16.8. The second-order valence-electron chi connectivity index (χ2n) is 5.89. The second kappa shape index (κ2) is 7.32. The molecular weight excluding hydrogens is 374 g/mol. The molecule has 1 aliphatic rings. The average molecular weight is 390 g/mol. The van der Waals surface area contributed by atoms with Crippen LogP contribution in [0, 0.1) is 0 Å². The van der Waals surface area contributed by atoms with E-state index in [0.717, 1.165) is 52.3 Å². The number of hydrogen-bond acceptors (Lipinski definition) is 5. The quantitative estimate of drug-likeness (QED) is 0.478. The van der Waals surface area contributed by atoms with Crippen LogP contribution in [0.25, 0.3) is 21.3 Å². The van der Waals surface area contributed by atoms with Crippen molar-refractivity contribution >= 4 is 50.8 Å². The van der Waals surface area contributed by atoms with E-state index >= 15 is 0 Å². The zero-order valence-corrected chi connectivity index (χ0v) is 15.8. The Kier molecular flexibility index (Phi) is 4.92. The molecule has 0 N–H and O–H groups in total. The number of rotatable bonds is 4. The van der Waals surface area contributed by atoms with Gasteiger partial charge in [0.1, 0.15) is 16.2 Å². The summed E-state index contributed by atoms with van der Waals surface area (Å²) in [6.07, 6.45) is 3.80. The molecule has 4 nitrogen and oxygen atoms in total. The maximum atomic E-state index is 12.3. The Morgan fingerprint density at radius 1 is 1.20 bits per heavy atom. The van der Waals surface area contributed by atoms with Crippen LogP contribution < -0.4 is 0 Å². The molecule has 1 amide bonds. The van der Waals surface area contributed by atoms with Crippen LogP contribution in [0.15, 0.2) is 41.0 Å². The molecule has 0 spiro atoms. The molecule has 1 saturated heterocycles. The fourth-order valence-electron chi connectivity index (χ4n) is 2.99. The van der Waals surface area contributed by atoms with E-state index in [2.05, 4.69) is 15.3 Å². The standard InChI is InChI=1S/C18H16ClN3OS2/c19-13-5-3-12(4-6-13)14-9-24-17-16(14)18(21-11-20-17)25-10-15(23)22-7-1-2-8-22/h3-6,9,11H,1-2,7-8,10H2. The topological polar surface area (TPSA) is 46.1 Å². The van der Waals surface area contributed by atoms with Gasteiger partial charge in [0.2, 0.25) is 5.91 Å². The van der Waals surface area contributed by atoms with E-state index in [1.165, 1.54) is 11.8 Å². The lowest BCUT2D eigenvalue weighted by Crippen LogP contribution is -2.29. The van der Waals surface area contributed by atoms with Crippen molar-refractivity contribution in [1.82, 2.24) is 14.9 Å². The van der Waals surface area contributed by atoms with Crippen molar-refractivity contribution in [3.05, 3.63) is 41.0 Å². The maximum absolute atomic E-state index is 12.3. The number of likely N-dealkylation sites (tertiary alicyclic amines) is 1. The highest BCUT2D eigenvalue weighted by molar-refractivity contribution is 8.00. The van der Waals surface area contributed by atoms with Gasteiger partial charge in [0.15, 0.2) is 0 Å². The lowest BCUT2D eigenvalue weighted by molar-refractivity contribution is -0.127. The number of carbonyl (C=O) groups is 1. The van der Waals surface area contributed by atoms with Gasteiger partial charge in [0.05, 0.1) is 11.1 Å². The van der Waals surface area contributed by atoms with Gasteiger partial charge in [-0.15, -0.1) is 11.3 Å². The molecule has 1 fully saturated rings. The molecule has 0 atom stereocenters. The number of benzene rings is 1. The highest BCUT2D eigenvalue weighted by Crippen LogP contribution is 2.38. The Hall–Kier alpha value is -1.63. The maximum Gasteiger partial charge on any atom is 0.232 e. The van der Waals surface area contributed by atoms with Crippen molar-refractivity contribution in [3.63, 3.8) is 0 Å². The van der Waals surface area contributed by atoms with Crippen molar-refractivity contribution in [2.45, 2.75) is 17.9 Å². The monoisotopic (exact) mass is 389 g/mol. The minimum atomic E-state index is 0.192. The van der Waals surface area contributed by atoms with Crippen LogP contribution in [0.2, 0.25) is 5.02 Å². The summed E-state index contributed by atoms with van der Waals surface area (Å²) in [7, 11) is 0. The van der Waals surface area contributed by atoms with Crippen LogP contribution in [0.3, 0.4) is 0 Å². The van der Waals surface area contributed by atoms with Crippen molar-refractivity contribution in [3.8, 4) is 11.1 Å². The summed E-state index contributed by atoms with van der Waals surface area (Å²) in [5, 5.41) is 4.69. The molecule has 3 aromatic rings. The van der Waals surface area contributed by atoms with Gasteiger partial charge in [0, 0.05) is 29.1 Å². The van der Waals surface area contributed by atoms with Gasteiger partial charge < -0.3 is 4.90 Å². The summed E-state index contributed by atoms with van der Waals surface area (Å²) in [5.74, 6) is 0.611. The van der Waals surface area contributed by atoms with Gasteiger partial charge in [-0.2, -0.15) is 0 Å². The second-order valence-corrected chi connectivity index (χ2v) is 8.15. The predicted octanol–water partition coefficient (Wildman–Crippen LogP) is 4.73. The van der Waals surface area contributed by atoms with Gasteiger partial charge in [0.25, 0.3) is 0 Å². The van der Waals surface area contributed by atoms with Crippen molar-refractivity contribution in [2.24, 2.45) is 0 Å². The SMILES string of the molecule is O=C(CSc1ncnc2scc(-c3ccc(Cl)cc3)c12)N1CCCC1. The van der Waals surface area contributed by atoms with E-state index in [1.54, 1.807) is 17.7 Å². The fraction of sp³-hybridized carbons (Fsp3) is 0.278. The van der Waals surface area contributed by atoms with Crippen LogP contribution in [-0.2, 0) is 4.79 Å². The zero-order chi connectivity index (χ0) is 17.2. The number of nitrogens with zero attached hydrogens (tertiary/aromatic N) is 3. The first-order chi connectivity index (χ1) is 12.2. The number of aromatic nitrogens is 2. The Balaban J connectivity index is 1.63.